The van der Waals surface area contributed by atoms with Crippen molar-refractivity contribution in [3.63, 3.8) is 0 Å². The largest absolute Gasteiger partial charge is 0.490 e. The van der Waals surface area contributed by atoms with Gasteiger partial charge in [0.15, 0.2) is 11.6 Å². The Kier molecular flexibility index (Phi) is 8.82. The Morgan fingerprint density at radius 3 is 2.52 bits per heavy atom. The van der Waals surface area contributed by atoms with Gasteiger partial charge < -0.3 is 14.8 Å². The highest BCUT2D eigenvalue weighted by Crippen LogP contribution is 2.31. The van der Waals surface area contributed by atoms with Crippen LogP contribution in [0.25, 0.3) is 0 Å². The zero-order valence-corrected chi connectivity index (χ0v) is 19.8. The molecule has 3 rings (SSSR count). The molecular weight excluding hydrogens is 447 g/mol. The second kappa shape index (κ2) is 11.6. The van der Waals surface area contributed by atoms with Gasteiger partial charge in [-0.05, 0) is 61.4 Å². The lowest BCUT2D eigenvalue weighted by Crippen LogP contribution is -2.28. The van der Waals surface area contributed by atoms with E-state index in [-0.39, 0.29) is 24.0 Å². The van der Waals surface area contributed by atoms with E-state index in [1.165, 1.54) is 6.07 Å². The van der Waals surface area contributed by atoms with Gasteiger partial charge in [0.1, 0.15) is 0 Å². The van der Waals surface area contributed by atoms with Gasteiger partial charge in [-0.25, -0.2) is 17.5 Å². The second-order valence-corrected chi connectivity index (χ2v) is 10.0. The van der Waals surface area contributed by atoms with Crippen LogP contribution in [-0.4, -0.2) is 34.1 Å². The number of halogens is 1. The van der Waals surface area contributed by atoms with Crippen LogP contribution in [0.3, 0.4) is 0 Å². The molecule has 2 N–H and O–H groups in total. The Bertz CT molecular complexity index is 1040. The Hall–Kier alpha value is -2.49. The van der Waals surface area contributed by atoms with Gasteiger partial charge in [-0.3, -0.25) is 4.79 Å². The number of rotatable bonds is 13. The monoisotopic (exact) mass is 478 g/mol. The predicted molar refractivity (Wildman–Crippen MR) is 124 cm³/mol. The van der Waals surface area contributed by atoms with Gasteiger partial charge in [0.05, 0.1) is 25.5 Å². The molecule has 0 bridgehead atoms. The van der Waals surface area contributed by atoms with Crippen molar-refractivity contribution in [3.05, 3.63) is 65.0 Å². The van der Waals surface area contributed by atoms with Crippen LogP contribution in [0.4, 0.5) is 4.39 Å². The number of hydrogen-bond acceptors (Lipinski definition) is 6. The molecule has 0 radical (unpaired) electrons. The summed E-state index contributed by atoms with van der Waals surface area (Å²) < 4.78 is 52.4. The number of esters is 1. The summed E-state index contributed by atoms with van der Waals surface area (Å²) >= 11 is 0. The Labute approximate surface area is 194 Å². The number of carbonyl (C=O) groups is 1. The van der Waals surface area contributed by atoms with E-state index in [2.05, 4.69) is 10.0 Å². The highest BCUT2D eigenvalue weighted by molar-refractivity contribution is 7.88. The van der Waals surface area contributed by atoms with Crippen LogP contribution < -0.4 is 14.8 Å². The summed E-state index contributed by atoms with van der Waals surface area (Å²) in [5.74, 6) is -0.309. The standard InChI is InChI=1S/C24H31FN2O5S/c1-3-31-24(28)14-26-13-18-4-8-20(9-5-18)16-33(29,30)27-17(2)21-10-11-22(25)23(12-21)32-15-19-6-7-19/h4-5,8-12,17,19,26-27H,3,6-7,13-16H2,1-2H3/t17-/m1/s1. The lowest BCUT2D eigenvalue weighted by atomic mass is 10.1. The van der Waals surface area contributed by atoms with Crippen molar-refractivity contribution in [1.82, 2.24) is 10.0 Å². The van der Waals surface area contributed by atoms with Gasteiger partial charge in [-0.15, -0.1) is 0 Å². The number of sulfonamides is 1. The van der Waals surface area contributed by atoms with Crippen molar-refractivity contribution in [1.29, 1.82) is 0 Å². The zero-order chi connectivity index (χ0) is 23.8. The summed E-state index contributed by atoms with van der Waals surface area (Å²) in [6.07, 6.45) is 2.20. The molecule has 33 heavy (non-hydrogen) atoms. The van der Waals surface area contributed by atoms with Crippen LogP contribution in [0.2, 0.25) is 0 Å². The van der Waals surface area contributed by atoms with Crippen molar-refractivity contribution >= 4 is 16.0 Å². The van der Waals surface area contributed by atoms with E-state index in [1.807, 2.05) is 12.1 Å². The normalized spacial score (nSPS) is 14.6. The van der Waals surface area contributed by atoms with E-state index in [4.69, 9.17) is 9.47 Å². The first kappa shape index (κ1) is 25.1. The van der Waals surface area contributed by atoms with E-state index < -0.39 is 21.9 Å². The summed E-state index contributed by atoms with van der Waals surface area (Å²) in [7, 11) is -3.63. The molecule has 1 atom stereocenters. The molecule has 0 amide bonds. The molecule has 1 saturated carbocycles. The van der Waals surface area contributed by atoms with Crippen LogP contribution in [-0.2, 0) is 31.9 Å². The van der Waals surface area contributed by atoms with Crippen molar-refractivity contribution in [3.8, 4) is 5.75 Å². The summed E-state index contributed by atoms with van der Waals surface area (Å²) in [6.45, 7) is 4.87. The van der Waals surface area contributed by atoms with Crippen LogP contribution >= 0.6 is 0 Å². The molecule has 7 nitrogen and oxygen atoms in total. The second-order valence-electron chi connectivity index (χ2n) is 8.27. The molecular formula is C24H31FN2O5S. The summed E-state index contributed by atoms with van der Waals surface area (Å²) in [5.41, 5.74) is 2.19. The third kappa shape index (κ3) is 8.42. The van der Waals surface area contributed by atoms with Crippen LogP contribution in [0, 0.1) is 11.7 Å². The molecule has 1 fully saturated rings. The van der Waals surface area contributed by atoms with Crippen molar-refractivity contribution in [2.24, 2.45) is 5.92 Å². The molecule has 180 valence electrons. The average Bonchev–Trinajstić information content (AvgIpc) is 3.58. The molecule has 1 aliphatic carbocycles. The minimum absolute atomic E-state index is 0.114. The fourth-order valence-electron chi connectivity index (χ4n) is 3.26. The summed E-state index contributed by atoms with van der Waals surface area (Å²) in [4.78, 5) is 11.3. The van der Waals surface area contributed by atoms with Crippen molar-refractivity contribution in [2.75, 3.05) is 19.8 Å². The maximum Gasteiger partial charge on any atom is 0.319 e. The quantitative estimate of drug-likeness (QED) is 0.429. The topological polar surface area (TPSA) is 93.7 Å². The smallest absolute Gasteiger partial charge is 0.319 e. The molecule has 0 aliphatic heterocycles. The number of benzene rings is 2. The molecule has 0 heterocycles. The van der Waals surface area contributed by atoms with E-state index in [1.54, 1.807) is 38.1 Å². The maximum absolute atomic E-state index is 14.0. The van der Waals surface area contributed by atoms with Crippen molar-refractivity contribution in [2.45, 2.75) is 45.0 Å². The van der Waals surface area contributed by atoms with E-state index in [9.17, 15) is 17.6 Å². The fraction of sp³-hybridized carbons (Fsp3) is 0.458. The molecule has 0 unspecified atom stereocenters. The molecule has 0 spiro atoms. The summed E-state index contributed by atoms with van der Waals surface area (Å²) in [6, 6.07) is 11.0. The molecule has 0 saturated heterocycles. The molecule has 2 aromatic rings. The van der Waals surface area contributed by atoms with Crippen LogP contribution in [0.5, 0.6) is 5.75 Å². The van der Waals surface area contributed by atoms with E-state index in [0.717, 1.165) is 18.4 Å². The third-order valence-corrected chi connectivity index (χ3v) is 6.69. The number of nitrogens with one attached hydrogen (secondary N) is 2. The first-order valence-corrected chi connectivity index (χ1v) is 12.8. The van der Waals surface area contributed by atoms with Gasteiger partial charge in [-0.1, -0.05) is 30.3 Å². The molecule has 0 aromatic heterocycles. The highest BCUT2D eigenvalue weighted by atomic mass is 32.2. The zero-order valence-electron chi connectivity index (χ0n) is 19.0. The lowest BCUT2D eigenvalue weighted by molar-refractivity contribution is -0.142. The average molecular weight is 479 g/mol. The minimum Gasteiger partial charge on any atom is -0.490 e. The van der Waals surface area contributed by atoms with Crippen LogP contribution in [0.15, 0.2) is 42.5 Å². The predicted octanol–water partition coefficient (Wildman–Crippen LogP) is 3.45. The Balaban J connectivity index is 1.52. The first-order valence-electron chi connectivity index (χ1n) is 11.1. The summed E-state index contributed by atoms with van der Waals surface area (Å²) in [5, 5.41) is 2.98. The lowest BCUT2D eigenvalue weighted by Gasteiger charge is -2.16. The minimum atomic E-state index is -3.63. The van der Waals surface area contributed by atoms with Crippen LogP contribution in [0.1, 0.15) is 49.4 Å². The van der Waals surface area contributed by atoms with Gasteiger partial charge in [0.25, 0.3) is 0 Å². The van der Waals surface area contributed by atoms with Gasteiger partial charge in [0, 0.05) is 12.6 Å². The molecule has 9 heteroatoms. The first-order chi connectivity index (χ1) is 15.8. The number of carbonyl (C=O) groups excluding carboxylic acids is 1. The number of hydrogen-bond donors (Lipinski definition) is 2. The van der Waals surface area contributed by atoms with Gasteiger partial charge in [-0.2, -0.15) is 0 Å². The van der Waals surface area contributed by atoms with E-state index >= 15 is 0 Å². The van der Waals surface area contributed by atoms with E-state index in [0.29, 0.717) is 36.8 Å². The fourth-order valence-corrected chi connectivity index (χ4v) is 4.65. The maximum atomic E-state index is 14.0. The Morgan fingerprint density at radius 2 is 1.85 bits per heavy atom. The van der Waals surface area contributed by atoms with Gasteiger partial charge >= 0.3 is 5.97 Å². The number of ether oxygens (including phenoxy) is 2. The molecule has 2 aromatic carbocycles. The van der Waals surface area contributed by atoms with Gasteiger partial charge in [0.2, 0.25) is 10.0 Å². The highest BCUT2D eigenvalue weighted by Gasteiger charge is 2.23. The third-order valence-electron chi connectivity index (χ3n) is 5.27. The van der Waals surface area contributed by atoms with Crippen molar-refractivity contribution < 1.29 is 27.1 Å². The SMILES string of the molecule is CCOC(=O)CNCc1ccc(CS(=O)(=O)N[C@H](C)c2ccc(F)c(OCC3CC3)c2)cc1. The molecule has 1 aliphatic rings. The Morgan fingerprint density at radius 1 is 1.15 bits per heavy atom.